The van der Waals surface area contributed by atoms with Gasteiger partial charge in [0.1, 0.15) is 23.7 Å². The van der Waals surface area contributed by atoms with Gasteiger partial charge in [0, 0.05) is 98.2 Å². The van der Waals surface area contributed by atoms with E-state index >= 15 is 0 Å². The first-order chi connectivity index (χ1) is 23.7. The number of fused-ring (bicyclic) bond motifs is 1. The number of pyridine rings is 1. The van der Waals surface area contributed by atoms with E-state index in [9.17, 15) is 14.4 Å². The van der Waals surface area contributed by atoms with Gasteiger partial charge < -0.3 is 40.3 Å². The molecule has 5 heterocycles. The lowest BCUT2D eigenvalue weighted by atomic mass is 10.1. The number of rotatable bonds is 7. The van der Waals surface area contributed by atoms with Crippen molar-refractivity contribution in [2.75, 3.05) is 82.8 Å². The Bertz CT molecular complexity index is 1890. The molecule has 2 aromatic heterocycles. The zero-order chi connectivity index (χ0) is 34.3. The molecule has 13 heteroatoms. The van der Waals surface area contributed by atoms with E-state index in [-0.39, 0.29) is 18.4 Å². The van der Waals surface area contributed by atoms with Crippen LogP contribution < -0.4 is 20.4 Å². The van der Waals surface area contributed by atoms with E-state index < -0.39 is 5.97 Å². The zero-order valence-electron chi connectivity index (χ0n) is 27.7. The van der Waals surface area contributed by atoms with E-state index in [1.807, 2.05) is 48.7 Å². The Morgan fingerprint density at radius 1 is 0.878 bits per heavy atom. The molecule has 49 heavy (non-hydrogen) atoms. The summed E-state index contributed by atoms with van der Waals surface area (Å²) in [5, 5.41) is 14.8. The Morgan fingerprint density at radius 3 is 2.20 bits per heavy atom. The summed E-state index contributed by atoms with van der Waals surface area (Å²) in [7, 11) is 4.24. The van der Waals surface area contributed by atoms with Crippen LogP contribution in [0, 0.1) is 0 Å². The smallest absolute Gasteiger partial charge is 0.322 e. The van der Waals surface area contributed by atoms with E-state index in [4.69, 9.17) is 5.11 Å². The molecule has 0 unspecified atom stereocenters. The van der Waals surface area contributed by atoms with Crippen LogP contribution in [0.4, 0.5) is 11.4 Å². The predicted molar refractivity (Wildman–Crippen MR) is 191 cm³/mol. The molecule has 2 aromatic carbocycles. The minimum Gasteiger partial charge on any atom is -0.480 e. The molecule has 13 nitrogen and oxygen atoms in total. The van der Waals surface area contributed by atoms with Gasteiger partial charge in [0.2, 0.25) is 0 Å². The highest BCUT2D eigenvalue weighted by Gasteiger charge is 2.23. The van der Waals surface area contributed by atoms with Crippen LogP contribution in [0.5, 0.6) is 0 Å². The van der Waals surface area contributed by atoms with E-state index in [1.54, 1.807) is 18.3 Å². The van der Waals surface area contributed by atoms with Crippen LogP contribution >= 0.6 is 0 Å². The highest BCUT2D eigenvalue weighted by molar-refractivity contribution is 6.20. The second kappa shape index (κ2) is 15.1. The number of anilines is 2. The lowest BCUT2D eigenvalue weighted by Gasteiger charge is -2.34. The third-order valence-corrected chi connectivity index (χ3v) is 8.84. The van der Waals surface area contributed by atoms with Gasteiger partial charge in [-0.05, 0) is 62.6 Å². The largest absolute Gasteiger partial charge is 0.480 e. The van der Waals surface area contributed by atoms with E-state index in [0.717, 1.165) is 85.9 Å². The summed E-state index contributed by atoms with van der Waals surface area (Å²) in [6.07, 6.45) is 5.38. The minimum absolute atomic E-state index is 0.191. The summed E-state index contributed by atoms with van der Waals surface area (Å²) >= 11 is 0. The van der Waals surface area contributed by atoms with Gasteiger partial charge >= 0.3 is 5.97 Å². The molecule has 7 rings (SSSR count). The zero-order valence-corrected chi connectivity index (χ0v) is 27.7. The van der Waals surface area contributed by atoms with Crippen LogP contribution in [0.15, 0.2) is 83.7 Å². The number of aliphatic imine (C=N–C) groups is 1. The molecule has 0 bridgehead atoms. The number of carbonyl (C=O) groups is 3. The second-order valence-electron chi connectivity index (χ2n) is 12.3. The molecule has 4 aromatic rings. The van der Waals surface area contributed by atoms with Crippen molar-refractivity contribution >= 4 is 52.1 Å². The lowest BCUT2D eigenvalue weighted by Crippen LogP contribution is -2.44. The maximum absolute atomic E-state index is 12.5. The average molecular weight is 664 g/mol. The first-order valence-corrected chi connectivity index (χ1v) is 16.3. The molecule has 0 saturated carbocycles. The molecular formula is C36H41N9O4. The molecule has 2 fully saturated rings. The fraction of sp³-hybridized carbons (Fsp3) is 0.306. The van der Waals surface area contributed by atoms with Crippen molar-refractivity contribution in [1.29, 1.82) is 0 Å². The van der Waals surface area contributed by atoms with Crippen LogP contribution in [0.2, 0.25) is 0 Å². The number of amidine groups is 1. The molecule has 0 aliphatic carbocycles. The van der Waals surface area contributed by atoms with Gasteiger partial charge in [0.25, 0.3) is 11.8 Å². The summed E-state index contributed by atoms with van der Waals surface area (Å²) in [4.78, 5) is 56.0. The number of hydrogen-bond donors (Lipinski definition) is 4. The summed E-state index contributed by atoms with van der Waals surface area (Å²) in [5.41, 5.74) is 5.65. The number of carboxylic acid groups (broad SMARTS) is 1. The van der Waals surface area contributed by atoms with Crippen molar-refractivity contribution in [2.24, 2.45) is 4.99 Å². The number of carbonyl (C=O) groups excluding carboxylic acids is 2. The molecule has 3 aliphatic rings. The van der Waals surface area contributed by atoms with E-state index in [1.165, 1.54) is 0 Å². The Kier molecular flexibility index (Phi) is 10.3. The van der Waals surface area contributed by atoms with Gasteiger partial charge in [-0.1, -0.05) is 18.2 Å². The van der Waals surface area contributed by atoms with Crippen LogP contribution in [-0.2, 0) is 9.59 Å². The van der Waals surface area contributed by atoms with Crippen molar-refractivity contribution in [2.45, 2.75) is 0 Å². The van der Waals surface area contributed by atoms with Gasteiger partial charge in [0.15, 0.2) is 0 Å². The van der Waals surface area contributed by atoms with Crippen molar-refractivity contribution < 1.29 is 19.5 Å². The number of aliphatic carboxylic acids is 1. The first kappa shape index (κ1) is 33.4. The van der Waals surface area contributed by atoms with Crippen molar-refractivity contribution in [3.05, 3.63) is 95.4 Å². The number of piperazine rings is 2. The van der Waals surface area contributed by atoms with Gasteiger partial charge in [0.05, 0.1) is 0 Å². The molecule has 4 N–H and O–H groups in total. The third-order valence-electron chi connectivity index (χ3n) is 8.84. The minimum atomic E-state index is -1.05. The van der Waals surface area contributed by atoms with Gasteiger partial charge in [-0.15, -0.1) is 0 Å². The predicted octanol–water partition coefficient (Wildman–Crippen LogP) is 2.49. The first-order valence-electron chi connectivity index (χ1n) is 16.3. The summed E-state index contributed by atoms with van der Waals surface area (Å²) < 4.78 is 0. The number of benzene rings is 2. The summed E-state index contributed by atoms with van der Waals surface area (Å²) in [6.45, 7) is 7.58. The number of nitrogens with zero attached hydrogens (tertiary/aromatic N) is 6. The highest BCUT2D eigenvalue weighted by Crippen LogP contribution is 2.23. The fourth-order valence-electron chi connectivity index (χ4n) is 5.93. The average Bonchev–Trinajstić information content (AvgIpc) is 3.71. The molecular weight excluding hydrogens is 622 g/mol. The molecule has 0 atom stereocenters. The van der Waals surface area contributed by atoms with Crippen LogP contribution in [0.3, 0.4) is 0 Å². The maximum atomic E-state index is 12.5. The third kappa shape index (κ3) is 8.31. The number of likely N-dealkylation sites (N-methyl/N-ethyl adjacent to an activating group) is 2. The summed E-state index contributed by atoms with van der Waals surface area (Å²) in [6, 6.07) is 19.4. The standard InChI is InChI=1S/C22H22N6O.C14H19N3O3/c1-27-8-10-28(11-9-27)17-5-2-4-15(12-17)20-25-19(22(29)26-20)13-16-14-24-21-18(16)6-3-7-23-21;1-16-5-7-17(8-6-16)12-4-2-3-11(9-12)14(20)15-10-13(18)19/h2-7,12-14H,8-11H2,1H3,(H,23,24)(H,25,26,29);2-4,9H,5-8,10H2,1H3,(H,15,20)(H,18,19). The molecule has 2 amide bonds. The number of nitrogens with one attached hydrogen (secondary N) is 3. The Labute approximate surface area is 284 Å². The Hall–Kier alpha value is -5.53. The van der Waals surface area contributed by atoms with Crippen molar-refractivity contribution in [1.82, 2.24) is 30.4 Å². The molecule has 3 aliphatic heterocycles. The number of hydrogen-bond acceptors (Lipinski definition) is 9. The molecule has 0 radical (unpaired) electrons. The SMILES string of the molecule is CN1CCN(c2cccc(C(=O)NCC(=O)O)c2)CC1.CN1CCN(c2cccc(C3=NC(=Cc4c[nH]c5ncccc45)C(=O)N3)c2)CC1. The number of amides is 2. The topological polar surface area (TPSA) is 150 Å². The summed E-state index contributed by atoms with van der Waals surface area (Å²) in [5.74, 6) is -1.00. The van der Waals surface area contributed by atoms with E-state index in [2.05, 4.69) is 71.4 Å². The monoisotopic (exact) mass is 663 g/mol. The van der Waals surface area contributed by atoms with Crippen LogP contribution in [0.1, 0.15) is 21.5 Å². The van der Waals surface area contributed by atoms with E-state index in [0.29, 0.717) is 17.1 Å². The quantitative estimate of drug-likeness (QED) is 0.219. The highest BCUT2D eigenvalue weighted by atomic mass is 16.4. The number of carboxylic acids is 1. The van der Waals surface area contributed by atoms with Gasteiger partial charge in [-0.2, -0.15) is 0 Å². The Balaban J connectivity index is 0.000000183. The molecule has 254 valence electrons. The second-order valence-corrected chi connectivity index (χ2v) is 12.3. The van der Waals surface area contributed by atoms with Gasteiger partial charge in [-0.25, -0.2) is 9.98 Å². The number of H-pyrrole nitrogens is 1. The Morgan fingerprint density at radius 2 is 1.53 bits per heavy atom. The molecule has 2 saturated heterocycles. The fourth-order valence-corrected chi connectivity index (χ4v) is 5.93. The number of aromatic nitrogens is 2. The van der Waals surface area contributed by atoms with Crippen LogP contribution in [0.25, 0.3) is 17.1 Å². The normalized spacial score (nSPS) is 17.8. The van der Waals surface area contributed by atoms with Crippen LogP contribution in [-0.4, -0.2) is 121 Å². The lowest BCUT2D eigenvalue weighted by molar-refractivity contribution is -0.135. The number of aromatic amines is 1. The molecule has 0 spiro atoms. The van der Waals surface area contributed by atoms with Gasteiger partial charge in [-0.3, -0.25) is 14.4 Å². The van der Waals surface area contributed by atoms with Crippen molar-refractivity contribution in [3.63, 3.8) is 0 Å². The van der Waals surface area contributed by atoms with Crippen molar-refractivity contribution in [3.8, 4) is 0 Å². The maximum Gasteiger partial charge on any atom is 0.322 e.